The Kier molecular flexibility index (Phi) is 5.20. The number of nitrogen functional groups attached to an aromatic ring is 1. The minimum Gasteiger partial charge on any atom is -0.497 e. The van der Waals surface area contributed by atoms with E-state index in [0.29, 0.717) is 12.4 Å². The van der Waals surface area contributed by atoms with E-state index < -0.39 is 0 Å². The van der Waals surface area contributed by atoms with Crippen LogP contribution in [-0.4, -0.2) is 48.4 Å². The molecule has 1 saturated heterocycles. The summed E-state index contributed by atoms with van der Waals surface area (Å²) >= 11 is 0. The Morgan fingerprint density at radius 3 is 2.38 bits per heavy atom. The molecular formula is C24H23N5O3. The van der Waals surface area contributed by atoms with Crippen LogP contribution in [0, 0.1) is 0 Å². The number of hydrogen-bond donors (Lipinski definition) is 1. The van der Waals surface area contributed by atoms with Gasteiger partial charge in [-0.1, -0.05) is 0 Å². The molecule has 32 heavy (non-hydrogen) atoms. The van der Waals surface area contributed by atoms with Crippen LogP contribution in [0.3, 0.4) is 0 Å². The number of ether oxygens (including phenoxy) is 3. The molecule has 0 saturated carbocycles. The van der Waals surface area contributed by atoms with Crippen molar-refractivity contribution in [2.75, 3.05) is 38.0 Å². The van der Waals surface area contributed by atoms with Crippen LogP contribution < -0.4 is 20.1 Å². The maximum atomic E-state index is 5.71. The summed E-state index contributed by atoms with van der Waals surface area (Å²) in [5.41, 5.74) is 10.8. The minimum atomic E-state index is 0.182. The van der Waals surface area contributed by atoms with E-state index in [2.05, 4.69) is 14.9 Å². The monoisotopic (exact) mass is 429 g/mol. The summed E-state index contributed by atoms with van der Waals surface area (Å²) in [5.74, 6) is 1.91. The Hall–Kier alpha value is -3.91. The van der Waals surface area contributed by atoms with E-state index >= 15 is 0 Å². The zero-order valence-corrected chi connectivity index (χ0v) is 17.9. The van der Waals surface area contributed by atoms with Crippen molar-refractivity contribution in [1.82, 2.24) is 15.0 Å². The van der Waals surface area contributed by atoms with Gasteiger partial charge < -0.3 is 24.8 Å². The summed E-state index contributed by atoms with van der Waals surface area (Å²) in [5, 5.41) is 0. The molecule has 0 amide bonds. The fourth-order valence-electron chi connectivity index (χ4n) is 3.55. The predicted octanol–water partition coefficient (Wildman–Crippen LogP) is 3.83. The van der Waals surface area contributed by atoms with Gasteiger partial charge in [0.25, 0.3) is 0 Å². The third-order valence-electron chi connectivity index (χ3n) is 5.36. The summed E-state index contributed by atoms with van der Waals surface area (Å²) in [6.07, 6.45) is 3.63. The van der Waals surface area contributed by atoms with Gasteiger partial charge in [0.15, 0.2) is 0 Å². The summed E-state index contributed by atoms with van der Waals surface area (Å²) in [4.78, 5) is 15.7. The number of nitrogens with zero attached hydrogens (tertiary/aromatic N) is 4. The third-order valence-corrected chi connectivity index (χ3v) is 5.36. The zero-order chi connectivity index (χ0) is 22.1. The molecule has 1 atom stereocenters. The number of methoxy groups -OCH3 is 2. The van der Waals surface area contributed by atoms with Crippen LogP contribution in [0.4, 0.5) is 17.2 Å². The Balaban J connectivity index is 1.57. The number of nitrogens with two attached hydrogens (primary N) is 1. The minimum absolute atomic E-state index is 0.182. The van der Waals surface area contributed by atoms with Gasteiger partial charge >= 0.3 is 0 Å². The van der Waals surface area contributed by atoms with Gasteiger partial charge in [0, 0.05) is 41.3 Å². The van der Waals surface area contributed by atoms with E-state index in [1.54, 1.807) is 32.7 Å². The fourth-order valence-corrected chi connectivity index (χ4v) is 3.55. The Labute approximate surface area is 185 Å². The predicted molar refractivity (Wildman–Crippen MR) is 123 cm³/mol. The number of aromatic nitrogens is 3. The molecule has 0 radical (unpaired) electrons. The highest BCUT2D eigenvalue weighted by atomic mass is 16.6. The molecule has 2 aromatic carbocycles. The Morgan fingerprint density at radius 2 is 1.72 bits per heavy atom. The van der Waals surface area contributed by atoms with E-state index in [0.717, 1.165) is 51.8 Å². The number of epoxide rings is 1. The summed E-state index contributed by atoms with van der Waals surface area (Å²) in [7, 11) is 3.29. The highest BCUT2D eigenvalue weighted by molar-refractivity contribution is 5.83. The normalized spacial score (nSPS) is 14.9. The number of rotatable bonds is 7. The number of anilines is 3. The SMILES string of the molecule is COc1cc(OC)cc(N(CC2CO2)c2ccc3ncc(-c4ccc(N)nc4)nc3c2)c1. The first-order valence-corrected chi connectivity index (χ1v) is 10.2. The Bertz CT molecular complexity index is 1240. The first-order valence-electron chi connectivity index (χ1n) is 10.2. The summed E-state index contributed by atoms with van der Waals surface area (Å²) < 4.78 is 16.5. The molecule has 1 aliphatic rings. The molecular weight excluding hydrogens is 406 g/mol. The van der Waals surface area contributed by atoms with Crippen LogP contribution in [0.1, 0.15) is 0 Å². The van der Waals surface area contributed by atoms with Gasteiger partial charge in [0.05, 0.1) is 56.4 Å². The van der Waals surface area contributed by atoms with Gasteiger partial charge in [0.2, 0.25) is 0 Å². The lowest BCUT2D eigenvalue weighted by molar-refractivity contribution is 0.393. The molecule has 3 heterocycles. The fraction of sp³-hybridized carbons (Fsp3) is 0.208. The molecule has 8 nitrogen and oxygen atoms in total. The van der Waals surface area contributed by atoms with Gasteiger partial charge in [-0.15, -0.1) is 0 Å². The van der Waals surface area contributed by atoms with E-state index in [1.165, 1.54) is 0 Å². The van der Waals surface area contributed by atoms with Crippen molar-refractivity contribution < 1.29 is 14.2 Å². The van der Waals surface area contributed by atoms with Crippen molar-refractivity contribution in [3.05, 3.63) is 60.9 Å². The number of fused-ring (bicyclic) bond motifs is 1. The lowest BCUT2D eigenvalue weighted by Crippen LogP contribution is -2.22. The molecule has 5 rings (SSSR count). The molecule has 0 aliphatic carbocycles. The average Bonchev–Trinajstić information content (AvgIpc) is 3.66. The first-order chi connectivity index (χ1) is 15.6. The highest BCUT2D eigenvalue weighted by Gasteiger charge is 2.27. The topological polar surface area (TPSA) is 98.9 Å². The lowest BCUT2D eigenvalue weighted by Gasteiger charge is -2.25. The standard InChI is InChI=1S/C24H23N5O3/c1-30-18-7-17(8-19(10-18)31-2)29(13-20-14-32-20)16-4-5-21-22(9-16)28-23(12-26-21)15-3-6-24(25)27-11-15/h3-12,20H,13-14H2,1-2H3,(H2,25,27). The van der Waals surface area contributed by atoms with E-state index in [9.17, 15) is 0 Å². The molecule has 2 N–H and O–H groups in total. The van der Waals surface area contributed by atoms with E-state index in [-0.39, 0.29) is 6.10 Å². The van der Waals surface area contributed by atoms with Gasteiger partial charge in [-0.3, -0.25) is 4.98 Å². The highest BCUT2D eigenvalue weighted by Crippen LogP contribution is 2.35. The Morgan fingerprint density at radius 1 is 0.938 bits per heavy atom. The van der Waals surface area contributed by atoms with Crippen LogP contribution in [0.2, 0.25) is 0 Å². The second-order valence-electron chi connectivity index (χ2n) is 7.54. The van der Waals surface area contributed by atoms with Crippen molar-refractivity contribution in [2.24, 2.45) is 0 Å². The molecule has 162 valence electrons. The summed E-state index contributed by atoms with van der Waals surface area (Å²) in [6, 6.07) is 15.5. The van der Waals surface area contributed by atoms with Crippen molar-refractivity contribution in [3.8, 4) is 22.8 Å². The lowest BCUT2D eigenvalue weighted by atomic mass is 10.1. The van der Waals surface area contributed by atoms with Gasteiger partial charge in [-0.25, -0.2) is 9.97 Å². The van der Waals surface area contributed by atoms with Gasteiger partial charge in [-0.05, 0) is 30.3 Å². The smallest absolute Gasteiger partial charge is 0.124 e. The average molecular weight is 429 g/mol. The number of pyridine rings is 1. The van der Waals surface area contributed by atoms with Gasteiger partial charge in [-0.2, -0.15) is 0 Å². The molecule has 1 unspecified atom stereocenters. The van der Waals surface area contributed by atoms with Crippen molar-refractivity contribution in [2.45, 2.75) is 6.10 Å². The maximum absolute atomic E-state index is 5.71. The molecule has 1 aliphatic heterocycles. The van der Waals surface area contributed by atoms with E-state index in [4.69, 9.17) is 24.9 Å². The first kappa shape index (κ1) is 20.0. The van der Waals surface area contributed by atoms with Crippen LogP contribution in [0.15, 0.2) is 60.9 Å². The van der Waals surface area contributed by atoms with Crippen LogP contribution >= 0.6 is 0 Å². The zero-order valence-electron chi connectivity index (χ0n) is 17.9. The molecule has 0 spiro atoms. The van der Waals surface area contributed by atoms with Crippen molar-refractivity contribution in [1.29, 1.82) is 0 Å². The molecule has 8 heteroatoms. The maximum Gasteiger partial charge on any atom is 0.124 e. The summed E-state index contributed by atoms with van der Waals surface area (Å²) in [6.45, 7) is 1.45. The number of benzene rings is 2. The van der Waals surface area contributed by atoms with Crippen LogP contribution in [0.25, 0.3) is 22.3 Å². The second kappa shape index (κ2) is 8.32. The van der Waals surface area contributed by atoms with Crippen molar-refractivity contribution in [3.63, 3.8) is 0 Å². The quantitative estimate of drug-likeness (QED) is 0.443. The largest absolute Gasteiger partial charge is 0.497 e. The number of hydrogen-bond acceptors (Lipinski definition) is 8. The third kappa shape index (κ3) is 4.13. The van der Waals surface area contributed by atoms with E-state index in [1.807, 2.05) is 42.5 Å². The van der Waals surface area contributed by atoms with Crippen molar-refractivity contribution >= 4 is 28.2 Å². The molecule has 4 aromatic rings. The molecule has 0 bridgehead atoms. The second-order valence-corrected chi connectivity index (χ2v) is 7.54. The van der Waals surface area contributed by atoms with Crippen LogP contribution in [0.5, 0.6) is 11.5 Å². The van der Waals surface area contributed by atoms with Crippen LogP contribution in [-0.2, 0) is 4.74 Å². The molecule has 2 aromatic heterocycles. The molecule has 1 fully saturated rings. The van der Waals surface area contributed by atoms with Gasteiger partial charge in [0.1, 0.15) is 17.3 Å².